The van der Waals surface area contributed by atoms with Gasteiger partial charge in [-0.25, -0.2) is 15.0 Å². The highest BCUT2D eigenvalue weighted by Crippen LogP contribution is 2.30. The maximum atomic E-state index is 6.22. The van der Waals surface area contributed by atoms with Gasteiger partial charge in [-0.05, 0) is 36.8 Å². The molecule has 108 valence electrons. The van der Waals surface area contributed by atoms with Crippen LogP contribution < -0.4 is 5.32 Å². The predicted molar refractivity (Wildman–Crippen MR) is 92.2 cm³/mol. The number of rotatable bonds is 2. The number of anilines is 2. The van der Waals surface area contributed by atoms with Crippen molar-refractivity contribution in [3.05, 3.63) is 53.2 Å². The maximum Gasteiger partial charge on any atom is 0.189 e. The normalized spacial score (nSPS) is 11.2. The number of hydrogen-bond donors (Lipinski definition) is 1. The first-order chi connectivity index (χ1) is 10.7. The SMILES string of the molecule is Cc1ccc2nc(Nc3nc4ccccc4nc3Cl)sc2c1. The molecule has 0 fully saturated rings. The van der Waals surface area contributed by atoms with Crippen LogP contribution in [0, 0.1) is 6.92 Å². The Hall–Kier alpha value is -2.24. The monoisotopic (exact) mass is 326 g/mol. The molecule has 0 aliphatic rings. The lowest BCUT2D eigenvalue weighted by Gasteiger charge is -2.05. The van der Waals surface area contributed by atoms with Gasteiger partial charge in [0, 0.05) is 0 Å². The van der Waals surface area contributed by atoms with Crippen LogP contribution in [0.2, 0.25) is 5.15 Å². The minimum absolute atomic E-state index is 0.342. The average molecular weight is 327 g/mol. The van der Waals surface area contributed by atoms with Crippen molar-refractivity contribution in [3.63, 3.8) is 0 Å². The average Bonchev–Trinajstić information content (AvgIpc) is 2.89. The van der Waals surface area contributed by atoms with Crippen molar-refractivity contribution >= 4 is 55.1 Å². The van der Waals surface area contributed by atoms with Gasteiger partial charge in [-0.2, -0.15) is 0 Å². The predicted octanol–water partition coefficient (Wildman–Crippen LogP) is 4.94. The van der Waals surface area contributed by atoms with Gasteiger partial charge in [0.1, 0.15) is 0 Å². The topological polar surface area (TPSA) is 50.7 Å². The molecule has 1 N–H and O–H groups in total. The zero-order valence-electron chi connectivity index (χ0n) is 11.7. The van der Waals surface area contributed by atoms with E-state index in [2.05, 4.69) is 39.3 Å². The Morgan fingerprint density at radius 3 is 2.55 bits per heavy atom. The van der Waals surface area contributed by atoms with E-state index in [1.54, 1.807) is 11.3 Å². The van der Waals surface area contributed by atoms with Gasteiger partial charge in [-0.1, -0.05) is 41.1 Å². The Labute approximate surface area is 135 Å². The van der Waals surface area contributed by atoms with Crippen molar-refractivity contribution in [3.8, 4) is 0 Å². The molecular formula is C16H11ClN4S. The molecule has 0 unspecified atom stereocenters. The lowest BCUT2D eigenvalue weighted by molar-refractivity contribution is 1.27. The van der Waals surface area contributed by atoms with E-state index in [4.69, 9.17) is 11.6 Å². The lowest BCUT2D eigenvalue weighted by Crippen LogP contribution is -1.96. The van der Waals surface area contributed by atoms with E-state index in [1.165, 1.54) is 5.56 Å². The summed E-state index contributed by atoms with van der Waals surface area (Å²) in [4.78, 5) is 13.4. The van der Waals surface area contributed by atoms with Crippen LogP contribution in [-0.4, -0.2) is 15.0 Å². The van der Waals surface area contributed by atoms with E-state index in [-0.39, 0.29) is 0 Å². The second-order valence-electron chi connectivity index (χ2n) is 4.97. The van der Waals surface area contributed by atoms with Crippen molar-refractivity contribution < 1.29 is 0 Å². The third kappa shape index (κ3) is 2.38. The van der Waals surface area contributed by atoms with Gasteiger partial charge in [-0.3, -0.25) is 0 Å². The van der Waals surface area contributed by atoms with Crippen LogP contribution in [0.1, 0.15) is 5.56 Å². The molecule has 0 atom stereocenters. The fourth-order valence-corrected chi connectivity index (χ4v) is 3.39. The molecule has 2 heterocycles. The fourth-order valence-electron chi connectivity index (χ4n) is 2.24. The summed E-state index contributed by atoms with van der Waals surface area (Å²) in [7, 11) is 0. The van der Waals surface area contributed by atoms with Gasteiger partial charge in [0.05, 0.1) is 21.3 Å². The zero-order chi connectivity index (χ0) is 15.1. The Morgan fingerprint density at radius 1 is 0.955 bits per heavy atom. The molecule has 0 saturated carbocycles. The van der Waals surface area contributed by atoms with E-state index in [9.17, 15) is 0 Å². The van der Waals surface area contributed by atoms with Crippen molar-refractivity contribution in [1.82, 2.24) is 15.0 Å². The Bertz CT molecular complexity index is 996. The van der Waals surface area contributed by atoms with Gasteiger partial charge < -0.3 is 5.32 Å². The summed E-state index contributed by atoms with van der Waals surface area (Å²) in [6.45, 7) is 2.07. The molecule has 6 heteroatoms. The number of aromatic nitrogens is 3. The van der Waals surface area contributed by atoms with Crippen molar-refractivity contribution in [2.24, 2.45) is 0 Å². The van der Waals surface area contributed by atoms with Crippen LogP contribution in [0.15, 0.2) is 42.5 Å². The summed E-state index contributed by atoms with van der Waals surface area (Å²) in [5.41, 5.74) is 3.75. The van der Waals surface area contributed by atoms with E-state index >= 15 is 0 Å². The molecule has 4 aromatic rings. The van der Waals surface area contributed by atoms with Gasteiger partial charge >= 0.3 is 0 Å². The quantitative estimate of drug-likeness (QED) is 0.566. The van der Waals surface area contributed by atoms with Crippen molar-refractivity contribution in [2.45, 2.75) is 6.92 Å². The first kappa shape index (κ1) is 13.4. The number of nitrogens with one attached hydrogen (secondary N) is 1. The smallest absolute Gasteiger partial charge is 0.189 e. The molecule has 2 aromatic heterocycles. The number of para-hydroxylation sites is 2. The third-order valence-electron chi connectivity index (χ3n) is 3.30. The summed E-state index contributed by atoms with van der Waals surface area (Å²) in [6.07, 6.45) is 0. The molecule has 0 aliphatic heterocycles. The number of thiazole rings is 1. The van der Waals surface area contributed by atoms with E-state index in [0.717, 1.165) is 26.4 Å². The molecular weight excluding hydrogens is 316 g/mol. The number of benzene rings is 2. The minimum Gasteiger partial charge on any atom is -0.314 e. The maximum absolute atomic E-state index is 6.22. The van der Waals surface area contributed by atoms with E-state index < -0.39 is 0 Å². The molecule has 0 saturated heterocycles. The molecule has 22 heavy (non-hydrogen) atoms. The van der Waals surface area contributed by atoms with Gasteiger partial charge in [0.2, 0.25) is 0 Å². The Morgan fingerprint density at radius 2 is 1.73 bits per heavy atom. The number of halogens is 1. The molecule has 4 rings (SSSR count). The number of aryl methyl sites for hydroxylation is 1. The summed E-state index contributed by atoms with van der Waals surface area (Å²) >= 11 is 7.79. The third-order valence-corrected chi connectivity index (χ3v) is 4.49. The number of hydrogen-bond acceptors (Lipinski definition) is 5. The van der Waals surface area contributed by atoms with E-state index in [0.29, 0.717) is 11.0 Å². The summed E-state index contributed by atoms with van der Waals surface area (Å²) in [5.74, 6) is 0.524. The number of fused-ring (bicyclic) bond motifs is 2. The van der Waals surface area contributed by atoms with Crippen LogP contribution >= 0.6 is 22.9 Å². The standard InChI is InChI=1S/C16H11ClN4S/c1-9-6-7-12-13(8-9)22-16(20-12)21-15-14(17)18-10-4-2-3-5-11(10)19-15/h2-8H,1H3,(H,19,20,21). The Kier molecular flexibility index (Phi) is 3.17. The zero-order valence-corrected chi connectivity index (χ0v) is 13.2. The highest BCUT2D eigenvalue weighted by Gasteiger charge is 2.10. The summed E-state index contributed by atoms with van der Waals surface area (Å²) in [5, 5.41) is 4.27. The molecule has 0 radical (unpaired) electrons. The van der Waals surface area contributed by atoms with Gasteiger partial charge in [-0.15, -0.1) is 0 Å². The fraction of sp³-hybridized carbons (Fsp3) is 0.0625. The summed E-state index contributed by atoms with van der Waals surface area (Å²) in [6, 6.07) is 13.8. The number of nitrogens with zero attached hydrogens (tertiary/aromatic N) is 3. The van der Waals surface area contributed by atoms with Crippen LogP contribution in [0.3, 0.4) is 0 Å². The van der Waals surface area contributed by atoms with Crippen LogP contribution in [0.4, 0.5) is 10.9 Å². The highest BCUT2D eigenvalue weighted by molar-refractivity contribution is 7.22. The molecule has 4 nitrogen and oxygen atoms in total. The van der Waals surface area contributed by atoms with Crippen LogP contribution in [-0.2, 0) is 0 Å². The lowest BCUT2D eigenvalue weighted by atomic mass is 10.2. The van der Waals surface area contributed by atoms with Crippen molar-refractivity contribution in [1.29, 1.82) is 0 Å². The molecule has 0 amide bonds. The summed E-state index contributed by atoms with van der Waals surface area (Å²) < 4.78 is 1.13. The second kappa shape index (κ2) is 5.19. The molecule has 0 spiro atoms. The van der Waals surface area contributed by atoms with E-state index in [1.807, 2.05) is 30.3 Å². The highest BCUT2D eigenvalue weighted by atomic mass is 35.5. The van der Waals surface area contributed by atoms with Crippen LogP contribution in [0.5, 0.6) is 0 Å². The molecule has 0 aliphatic carbocycles. The Balaban J connectivity index is 1.76. The first-order valence-electron chi connectivity index (χ1n) is 6.75. The molecule has 2 aromatic carbocycles. The van der Waals surface area contributed by atoms with Crippen LogP contribution in [0.25, 0.3) is 21.3 Å². The largest absolute Gasteiger partial charge is 0.314 e. The van der Waals surface area contributed by atoms with Gasteiger partial charge in [0.25, 0.3) is 0 Å². The second-order valence-corrected chi connectivity index (χ2v) is 6.36. The van der Waals surface area contributed by atoms with Crippen molar-refractivity contribution in [2.75, 3.05) is 5.32 Å². The van der Waals surface area contributed by atoms with Gasteiger partial charge in [0.15, 0.2) is 16.1 Å². The minimum atomic E-state index is 0.342. The first-order valence-corrected chi connectivity index (χ1v) is 7.95. The molecule has 0 bridgehead atoms.